The molecular weight excluding hydrogens is 202 g/mol. The fraction of sp³-hybridized carbons (Fsp3) is 0.917. The van der Waals surface area contributed by atoms with Crippen LogP contribution in [0, 0.1) is 17.2 Å². The van der Waals surface area contributed by atoms with Gasteiger partial charge in [-0.1, -0.05) is 6.92 Å². The molecular formula is C12H21N3O. The Balaban J connectivity index is 2.17. The molecule has 2 aliphatic heterocycles. The first kappa shape index (κ1) is 11.8. The summed E-state index contributed by atoms with van der Waals surface area (Å²) >= 11 is 0. The molecule has 0 aromatic carbocycles. The molecule has 2 heterocycles. The van der Waals surface area contributed by atoms with Crippen molar-refractivity contribution in [3.8, 4) is 6.07 Å². The van der Waals surface area contributed by atoms with Gasteiger partial charge in [-0.3, -0.25) is 4.90 Å². The SMILES string of the molecule is CCC1CNCCC1(C#N)N1CCOCC1. The van der Waals surface area contributed by atoms with Crippen molar-refractivity contribution in [2.75, 3.05) is 39.4 Å². The maximum Gasteiger partial charge on any atom is 0.114 e. The molecule has 0 aliphatic carbocycles. The molecule has 0 radical (unpaired) electrons. The van der Waals surface area contributed by atoms with Gasteiger partial charge in [0, 0.05) is 25.6 Å². The Morgan fingerprint density at radius 2 is 2.25 bits per heavy atom. The quantitative estimate of drug-likeness (QED) is 0.745. The third kappa shape index (κ3) is 1.95. The van der Waals surface area contributed by atoms with Crippen molar-refractivity contribution >= 4 is 0 Å². The van der Waals surface area contributed by atoms with Crippen LogP contribution in [0.15, 0.2) is 0 Å². The highest BCUT2D eigenvalue weighted by molar-refractivity contribution is 5.14. The molecule has 0 saturated carbocycles. The molecule has 0 aromatic rings. The van der Waals surface area contributed by atoms with Crippen LogP contribution in [0.3, 0.4) is 0 Å². The molecule has 4 heteroatoms. The van der Waals surface area contributed by atoms with E-state index in [9.17, 15) is 5.26 Å². The fourth-order valence-electron chi connectivity index (χ4n) is 3.01. The number of hydrogen-bond donors (Lipinski definition) is 1. The van der Waals surface area contributed by atoms with E-state index in [1.54, 1.807) is 0 Å². The van der Waals surface area contributed by atoms with Gasteiger partial charge in [-0.25, -0.2) is 0 Å². The molecule has 2 rings (SSSR count). The number of piperidine rings is 1. The second kappa shape index (κ2) is 5.13. The number of rotatable bonds is 2. The summed E-state index contributed by atoms with van der Waals surface area (Å²) in [4.78, 5) is 2.35. The lowest BCUT2D eigenvalue weighted by molar-refractivity contribution is -0.0337. The molecule has 0 bridgehead atoms. The highest BCUT2D eigenvalue weighted by atomic mass is 16.5. The Kier molecular flexibility index (Phi) is 3.80. The number of nitriles is 1. The number of morpholine rings is 1. The number of nitrogens with one attached hydrogen (secondary N) is 1. The molecule has 2 fully saturated rings. The zero-order chi connectivity index (χ0) is 11.4. The predicted octanol–water partition coefficient (Wildman–Crippen LogP) is 0.600. The van der Waals surface area contributed by atoms with Crippen LogP contribution in [0.1, 0.15) is 19.8 Å². The predicted molar refractivity (Wildman–Crippen MR) is 62.0 cm³/mol. The normalized spacial score (nSPS) is 36.9. The molecule has 16 heavy (non-hydrogen) atoms. The molecule has 4 nitrogen and oxygen atoms in total. The minimum atomic E-state index is -0.246. The van der Waals surface area contributed by atoms with Crippen molar-refractivity contribution in [2.24, 2.45) is 5.92 Å². The standard InChI is InChI=1S/C12H21N3O/c1-2-11-9-14-4-3-12(11,10-13)15-5-7-16-8-6-15/h11,14H,2-9H2,1H3. The van der Waals surface area contributed by atoms with E-state index < -0.39 is 0 Å². The molecule has 2 aliphatic rings. The zero-order valence-corrected chi connectivity index (χ0v) is 10.0. The second-order valence-corrected chi connectivity index (χ2v) is 4.69. The Labute approximate surface area is 97.6 Å². The molecule has 0 aromatic heterocycles. The van der Waals surface area contributed by atoms with Crippen LogP contribution < -0.4 is 5.32 Å². The van der Waals surface area contributed by atoms with E-state index in [0.29, 0.717) is 5.92 Å². The Bertz CT molecular complexity index is 270. The lowest BCUT2D eigenvalue weighted by Gasteiger charge is -2.48. The maximum absolute atomic E-state index is 9.64. The summed E-state index contributed by atoms with van der Waals surface area (Å²) in [7, 11) is 0. The number of ether oxygens (including phenoxy) is 1. The van der Waals surface area contributed by atoms with E-state index in [1.807, 2.05) is 0 Å². The molecule has 2 saturated heterocycles. The molecule has 1 N–H and O–H groups in total. The number of nitrogens with zero attached hydrogens (tertiary/aromatic N) is 2. The third-order valence-electron chi connectivity index (χ3n) is 4.01. The smallest absolute Gasteiger partial charge is 0.114 e. The second-order valence-electron chi connectivity index (χ2n) is 4.69. The van der Waals surface area contributed by atoms with Crippen molar-refractivity contribution in [2.45, 2.75) is 25.3 Å². The minimum absolute atomic E-state index is 0.246. The van der Waals surface area contributed by atoms with Gasteiger partial charge in [0.1, 0.15) is 5.54 Å². The molecule has 90 valence electrons. The number of hydrogen-bond acceptors (Lipinski definition) is 4. The van der Waals surface area contributed by atoms with Gasteiger partial charge in [0.15, 0.2) is 0 Å². The van der Waals surface area contributed by atoms with E-state index in [4.69, 9.17) is 4.74 Å². The largest absolute Gasteiger partial charge is 0.379 e. The van der Waals surface area contributed by atoms with E-state index in [-0.39, 0.29) is 5.54 Å². The van der Waals surface area contributed by atoms with Crippen molar-refractivity contribution in [1.82, 2.24) is 10.2 Å². The first-order chi connectivity index (χ1) is 7.83. The maximum atomic E-state index is 9.64. The minimum Gasteiger partial charge on any atom is -0.379 e. The summed E-state index contributed by atoms with van der Waals surface area (Å²) < 4.78 is 5.38. The van der Waals surface area contributed by atoms with Gasteiger partial charge in [-0.15, -0.1) is 0 Å². The van der Waals surface area contributed by atoms with Crippen LogP contribution in [-0.2, 0) is 4.74 Å². The zero-order valence-electron chi connectivity index (χ0n) is 10.0. The highest BCUT2D eigenvalue weighted by Crippen LogP contribution is 2.33. The topological polar surface area (TPSA) is 48.3 Å². The first-order valence-electron chi connectivity index (χ1n) is 6.28. The van der Waals surface area contributed by atoms with E-state index in [2.05, 4.69) is 23.2 Å². The average Bonchev–Trinajstić information content (AvgIpc) is 2.39. The summed E-state index contributed by atoms with van der Waals surface area (Å²) in [5.41, 5.74) is -0.246. The van der Waals surface area contributed by atoms with Crippen molar-refractivity contribution in [1.29, 1.82) is 5.26 Å². The van der Waals surface area contributed by atoms with Gasteiger partial charge in [-0.05, 0) is 19.4 Å². The van der Waals surface area contributed by atoms with Crippen LogP contribution in [0.4, 0.5) is 0 Å². The summed E-state index contributed by atoms with van der Waals surface area (Å²) in [5.74, 6) is 0.448. The highest BCUT2D eigenvalue weighted by Gasteiger charge is 2.45. The van der Waals surface area contributed by atoms with E-state index >= 15 is 0 Å². The van der Waals surface area contributed by atoms with Crippen molar-refractivity contribution in [3.63, 3.8) is 0 Å². The third-order valence-corrected chi connectivity index (χ3v) is 4.01. The van der Waals surface area contributed by atoms with Gasteiger partial charge >= 0.3 is 0 Å². The van der Waals surface area contributed by atoms with E-state index in [1.165, 1.54) is 0 Å². The van der Waals surface area contributed by atoms with Crippen LogP contribution >= 0.6 is 0 Å². The first-order valence-corrected chi connectivity index (χ1v) is 6.28. The molecule has 0 spiro atoms. The monoisotopic (exact) mass is 223 g/mol. The van der Waals surface area contributed by atoms with Crippen LogP contribution in [-0.4, -0.2) is 49.8 Å². The molecule has 2 atom stereocenters. The molecule has 2 unspecified atom stereocenters. The summed E-state index contributed by atoms with van der Waals surface area (Å²) in [6.07, 6.45) is 2.01. The van der Waals surface area contributed by atoms with E-state index in [0.717, 1.165) is 52.2 Å². The Morgan fingerprint density at radius 3 is 2.88 bits per heavy atom. The van der Waals surface area contributed by atoms with Crippen LogP contribution in [0.5, 0.6) is 0 Å². The summed E-state index contributed by atoms with van der Waals surface area (Å²) in [6.45, 7) is 7.47. The van der Waals surface area contributed by atoms with Crippen LogP contribution in [0.2, 0.25) is 0 Å². The van der Waals surface area contributed by atoms with Gasteiger partial charge in [-0.2, -0.15) is 5.26 Å². The van der Waals surface area contributed by atoms with Gasteiger partial charge < -0.3 is 10.1 Å². The van der Waals surface area contributed by atoms with Crippen LogP contribution in [0.25, 0.3) is 0 Å². The van der Waals surface area contributed by atoms with Gasteiger partial charge in [0.05, 0.1) is 19.3 Å². The summed E-state index contributed by atoms with van der Waals surface area (Å²) in [6, 6.07) is 2.62. The summed E-state index contributed by atoms with van der Waals surface area (Å²) in [5, 5.41) is 13.0. The average molecular weight is 223 g/mol. The van der Waals surface area contributed by atoms with Gasteiger partial charge in [0.2, 0.25) is 0 Å². The Hall–Kier alpha value is -0.630. The molecule has 0 amide bonds. The Morgan fingerprint density at radius 1 is 1.50 bits per heavy atom. The van der Waals surface area contributed by atoms with Crippen molar-refractivity contribution < 1.29 is 4.74 Å². The lowest BCUT2D eigenvalue weighted by atomic mass is 9.76. The van der Waals surface area contributed by atoms with Crippen molar-refractivity contribution in [3.05, 3.63) is 0 Å². The lowest BCUT2D eigenvalue weighted by Crippen LogP contribution is -2.62. The van der Waals surface area contributed by atoms with Gasteiger partial charge in [0.25, 0.3) is 0 Å². The fourth-order valence-corrected chi connectivity index (χ4v) is 3.01.